The first kappa shape index (κ1) is 17.0. The number of nitrogens with one attached hydrogen (secondary N) is 2. The fourth-order valence-corrected chi connectivity index (χ4v) is 1.80. The molecule has 1 rings (SSSR count). The molecule has 0 bridgehead atoms. The van der Waals surface area contributed by atoms with Gasteiger partial charge < -0.3 is 15.4 Å². The van der Waals surface area contributed by atoms with Gasteiger partial charge in [0.1, 0.15) is 10.8 Å². The summed E-state index contributed by atoms with van der Waals surface area (Å²) in [6.07, 6.45) is 2.04. The second-order valence-corrected chi connectivity index (χ2v) is 6.42. The van der Waals surface area contributed by atoms with Crippen LogP contribution in [-0.4, -0.2) is 29.8 Å². The number of rotatable bonds is 5. The van der Waals surface area contributed by atoms with Gasteiger partial charge >= 0.3 is 6.09 Å². The molecule has 0 radical (unpaired) electrons. The fraction of sp³-hybridized carbons (Fsp3) is 0.538. The molecule has 0 fully saturated rings. The lowest BCUT2D eigenvalue weighted by molar-refractivity contribution is 0.0528. The zero-order valence-corrected chi connectivity index (χ0v) is 14.1. The van der Waals surface area contributed by atoms with Crippen LogP contribution in [0.4, 0.5) is 10.5 Å². The molecule has 1 aromatic heterocycles. The summed E-state index contributed by atoms with van der Waals surface area (Å²) in [5, 5.41) is 6.32. The minimum atomic E-state index is -0.469. The quantitative estimate of drug-likeness (QED) is 0.616. The first-order valence-electron chi connectivity index (χ1n) is 6.30. The van der Waals surface area contributed by atoms with Crippen LogP contribution in [0.25, 0.3) is 0 Å². The molecule has 0 saturated carbocycles. The molecule has 0 atom stereocenters. The minimum absolute atomic E-state index is 0.395. The first-order valence-corrected chi connectivity index (χ1v) is 7.47. The summed E-state index contributed by atoms with van der Waals surface area (Å²) < 4.78 is 5.88. The number of carbonyl (C=O) groups excluding carboxylic acids is 1. The van der Waals surface area contributed by atoms with Crippen LogP contribution in [0.5, 0.6) is 0 Å². The van der Waals surface area contributed by atoms with E-state index in [-0.39, 0.29) is 0 Å². The zero-order chi connectivity index (χ0) is 15.2. The molecular formula is C13H19BrClN3O2. The number of anilines is 1. The average Bonchev–Trinajstić information content (AvgIpc) is 2.31. The number of halogens is 2. The summed E-state index contributed by atoms with van der Waals surface area (Å²) in [7, 11) is 0. The molecule has 0 aliphatic carbocycles. The maximum Gasteiger partial charge on any atom is 0.407 e. The Kier molecular flexibility index (Phi) is 6.55. The number of hydrogen-bond acceptors (Lipinski definition) is 4. The summed E-state index contributed by atoms with van der Waals surface area (Å²) in [6.45, 7) is 6.76. The Hall–Kier alpha value is -1.01. The van der Waals surface area contributed by atoms with E-state index >= 15 is 0 Å². The van der Waals surface area contributed by atoms with Gasteiger partial charge in [0.2, 0.25) is 0 Å². The summed E-state index contributed by atoms with van der Waals surface area (Å²) >= 11 is 9.11. The van der Waals surface area contributed by atoms with Crippen LogP contribution in [0, 0.1) is 0 Å². The van der Waals surface area contributed by atoms with E-state index in [9.17, 15) is 4.79 Å². The van der Waals surface area contributed by atoms with Gasteiger partial charge in [-0.05, 0) is 49.2 Å². The molecule has 2 N–H and O–H groups in total. The van der Waals surface area contributed by atoms with Crippen molar-refractivity contribution in [1.29, 1.82) is 0 Å². The highest BCUT2D eigenvalue weighted by Gasteiger charge is 2.15. The van der Waals surface area contributed by atoms with Crippen molar-refractivity contribution in [3.8, 4) is 0 Å². The number of hydrogen-bond donors (Lipinski definition) is 2. The molecule has 0 unspecified atom stereocenters. The topological polar surface area (TPSA) is 63.2 Å². The van der Waals surface area contributed by atoms with Gasteiger partial charge in [-0.1, -0.05) is 11.6 Å². The number of aromatic nitrogens is 1. The highest BCUT2D eigenvalue weighted by Crippen LogP contribution is 2.22. The van der Waals surface area contributed by atoms with Crippen molar-refractivity contribution in [2.24, 2.45) is 0 Å². The summed E-state index contributed by atoms with van der Waals surface area (Å²) in [4.78, 5) is 15.4. The molecule has 112 valence electrons. The molecule has 1 amide bonds. The highest BCUT2D eigenvalue weighted by molar-refractivity contribution is 9.10. The Morgan fingerprint density at radius 1 is 1.45 bits per heavy atom. The van der Waals surface area contributed by atoms with Crippen LogP contribution in [0.2, 0.25) is 5.15 Å². The minimum Gasteiger partial charge on any atom is -0.444 e. The highest BCUT2D eigenvalue weighted by atomic mass is 79.9. The van der Waals surface area contributed by atoms with Crippen molar-refractivity contribution >= 4 is 39.3 Å². The van der Waals surface area contributed by atoms with Crippen molar-refractivity contribution in [3.63, 3.8) is 0 Å². The van der Waals surface area contributed by atoms with E-state index < -0.39 is 11.7 Å². The Bertz CT molecular complexity index is 463. The smallest absolute Gasteiger partial charge is 0.407 e. The maximum absolute atomic E-state index is 11.4. The zero-order valence-electron chi connectivity index (χ0n) is 11.8. The monoisotopic (exact) mass is 363 g/mol. The Balaban J connectivity index is 2.19. The van der Waals surface area contributed by atoms with Crippen LogP contribution in [0.15, 0.2) is 16.7 Å². The van der Waals surface area contributed by atoms with Gasteiger partial charge in [0, 0.05) is 13.1 Å². The Morgan fingerprint density at radius 3 is 2.75 bits per heavy atom. The van der Waals surface area contributed by atoms with E-state index in [4.69, 9.17) is 16.3 Å². The third-order valence-electron chi connectivity index (χ3n) is 2.15. The maximum atomic E-state index is 11.4. The molecular weight excluding hydrogens is 346 g/mol. The number of ether oxygens (including phenoxy) is 1. The van der Waals surface area contributed by atoms with Gasteiger partial charge in [0.15, 0.2) is 0 Å². The lowest BCUT2D eigenvalue weighted by atomic mass is 10.2. The Morgan fingerprint density at radius 2 is 2.15 bits per heavy atom. The molecule has 1 heterocycles. The molecule has 1 aromatic rings. The van der Waals surface area contributed by atoms with E-state index in [2.05, 4.69) is 31.5 Å². The number of carbonyl (C=O) groups is 1. The molecule has 0 aliphatic rings. The number of amides is 1. The van der Waals surface area contributed by atoms with Crippen molar-refractivity contribution in [2.75, 3.05) is 18.4 Å². The lowest BCUT2D eigenvalue weighted by Crippen LogP contribution is -2.33. The van der Waals surface area contributed by atoms with Crippen molar-refractivity contribution in [1.82, 2.24) is 10.3 Å². The van der Waals surface area contributed by atoms with Crippen LogP contribution < -0.4 is 10.6 Å². The van der Waals surface area contributed by atoms with E-state index in [1.807, 2.05) is 26.8 Å². The second-order valence-electron chi connectivity index (χ2n) is 5.21. The molecule has 7 heteroatoms. The predicted molar refractivity (Wildman–Crippen MR) is 84.3 cm³/mol. The lowest BCUT2D eigenvalue weighted by Gasteiger charge is -2.19. The number of alkyl carbamates (subject to hydrolysis) is 1. The first-order chi connectivity index (χ1) is 9.28. The van der Waals surface area contributed by atoms with Gasteiger partial charge in [-0.15, -0.1) is 0 Å². The molecule has 0 aliphatic heterocycles. The molecule has 0 aromatic carbocycles. The number of nitrogens with zero attached hydrogens (tertiary/aromatic N) is 1. The van der Waals surface area contributed by atoms with E-state index in [1.165, 1.54) is 0 Å². The van der Waals surface area contributed by atoms with Crippen molar-refractivity contribution in [3.05, 3.63) is 21.9 Å². The molecule has 0 spiro atoms. The van der Waals surface area contributed by atoms with Gasteiger partial charge in [0.25, 0.3) is 0 Å². The van der Waals surface area contributed by atoms with E-state index in [0.717, 1.165) is 16.6 Å². The predicted octanol–water partition coefficient (Wildman–Crippen LogP) is 3.82. The largest absolute Gasteiger partial charge is 0.444 e. The van der Waals surface area contributed by atoms with E-state index in [1.54, 1.807) is 6.20 Å². The summed E-state index contributed by atoms with van der Waals surface area (Å²) in [6, 6.07) is 1.86. The van der Waals surface area contributed by atoms with Crippen LogP contribution in [0.3, 0.4) is 0 Å². The third-order valence-corrected chi connectivity index (χ3v) is 3.28. The normalized spacial score (nSPS) is 11.1. The molecule has 5 nitrogen and oxygen atoms in total. The summed E-state index contributed by atoms with van der Waals surface area (Å²) in [5.41, 5.74) is 0.405. The van der Waals surface area contributed by atoms with Gasteiger partial charge in [-0.25, -0.2) is 9.78 Å². The SMILES string of the molecule is CC(C)(C)OC(=O)NCCCNc1cnc(Cl)c(Br)c1. The van der Waals surface area contributed by atoms with Crippen LogP contribution >= 0.6 is 27.5 Å². The average molecular weight is 365 g/mol. The number of pyridine rings is 1. The van der Waals surface area contributed by atoms with E-state index in [0.29, 0.717) is 18.2 Å². The standard InChI is InChI=1S/C13H19BrClN3O2/c1-13(2,3)20-12(19)17-6-4-5-16-9-7-10(14)11(15)18-8-9/h7-8,16H,4-6H2,1-3H3,(H,17,19). The Labute approximate surface area is 132 Å². The molecule has 20 heavy (non-hydrogen) atoms. The van der Waals surface area contributed by atoms with Gasteiger partial charge in [-0.3, -0.25) is 0 Å². The molecule has 0 saturated heterocycles. The van der Waals surface area contributed by atoms with Gasteiger partial charge in [0.05, 0.1) is 16.4 Å². The fourth-order valence-electron chi connectivity index (χ4n) is 1.34. The van der Waals surface area contributed by atoms with Crippen LogP contribution in [-0.2, 0) is 4.74 Å². The van der Waals surface area contributed by atoms with Crippen molar-refractivity contribution in [2.45, 2.75) is 32.8 Å². The third kappa shape index (κ3) is 6.96. The summed E-state index contributed by atoms with van der Waals surface area (Å²) in [5.74, 6) is 0. The second kappa shape index (κ2) is 7.69. The van der Waals surface area contributed by atoms with Crippen molar-refractivity contribution < 1.29 is 9.53 Å². The van der Waals surface area contributed by atoms with Crippen LogP contribution in [0.1, 0.15) is 27.2 Å². The van der Waals surface area contributed by atoms with Gasteiger partial charge in [-0.2, -0.15) is 0 Å².